The molecule has 2 aromatic carbocycles. The number of rotatable bonds is 5. The van der Waals surface area contributed by atoms with Crippen LogP contribution in [0.25, 0.3) is 0 Å². The quantitative estimate of drug-likeness (QED) is 0.846. The van der Waals surface area contributed by atoms with E-state index in [1.807, 2.05) is 43.4 Å². The Morgan fingerprint density at radius 3 is 2.05 bits per heavy atom. The van der Waals surface area contributed by atoms with E-state index >= 15 is 0 Å². The van der Waals surface area contributed by atoms with Crippen LogP contribution in [0.3, 0.4) is 0 Å². The fraction of sp³-hybridized carbons (Fsp3) is 0.250. The number of hydrogen-bond acceptors (Lipinski definition) is 2. The molecule has 112 valence electrons. The minimum atomic E-state index is 0.0527. The van der Waals surface area contributed by atoms with Crippen molar-refractivity contribution < 1.29 is 0 Å². The van der Waals surface area contributed by atoms with Gasteiger partial charge in [0.15, 0.2) is 0 Å². The highest BCUT2D eigenvalue weighted by Gasteiger charge is 2.16. The Labute approximate surface area is 140 Å². The fourth-order valence-corrected chi connectivity index (χ4v) is 2.99. The van der Waals surface area contributed by atoms with Crippen molar-refractivity contribution in [2.24, 2.45) is 5.73 Å². The lowest BCUT2D eigenvalue weighted by atomic mass is 10.0. The van der Waals surface area contributed by atoms with Crippen LogP contribution in [-0.4, -0.2) is 18.5 Å². The lowest BCUT2D eigenvalue weighted by Gasteiger charge is -2.27. The molecular formula is C16H17Cl3N2. The SMILES string of the molecule is CN(Cc1ccc(Cl)cc1)C(CN)c1cc(Cl)cc(Cl)c1. The van der Waals surface area contributed by atoms with Crippen molar-refractivity contribution in [1.82, 2.24) is 4.90 Å². The lowest BCUT2D eigenvalue weighted by Crippen LogP contribution is -2.30. The number of hydrogen-bond donors (Lipinski definition) is 1. The topological polar surface area (TPSA) is 29.3 Å². The van der Waals surface area contributed by atoms with E-state index in [0.717, 1.165) is 17.1 Å². The van der Waals surface area contributed by atoms with Crippen molar-refractivity contribution in [3.63, 3.8) is 0 Å². The molecule has 0 aromatic heterocycles. The zero-order chi connectivity index (χ0) is 15.4. The van der Waals surface area contributed by atoms with Gasteiger partial charge < -0.3 is 5.73 Å². The first kappa shape index (κ1) is 16.6. The minimum absolute atomic E-state index is 0.0527. The molecule has 1 atom stereocenters. The normalized spacial score (nSPS) is 12.7. The Morgan fingerprint density at radius 1 is 0.952 bits per heavy atom. The van der Waals surface area contributed by atoms with Gasteiger partial charge in [0, 0.05) is 34.2 Å². The second-order valence-electron chi connectivity index (χ2n) is 5.00. The molecule has 0 aliphatic carbocycles. The van der Waals surface area contributed by atoms with E-state index in [1.165, 1.54) is 5.56 Å². The van der Waals surface area contributed by atoms with Gasteiger partial charge >= 0.3 is 0 Å². The van der Waals surface area contributed by atoms with E-state index in [-0.39, 0.29) is 6.04 Å². The Bertz CT molecular complexity index is 579. The van der Waals surface area contributed by atoms with Crippen molar-refractivity contribution in [3.8, 4) is 0 Å². The number of nitrogens with zero attached hydrogens (tertiary/aromatic N) is 1. The molecule has 0 aliphatic heterocycles. The van der Waals surface area contributed by atoms with Crippen LogP contribution in [-0.2, 0) is 6.54 Å². The Morgan fingerprint density at radius 2 is 1.52 bits per heavy atom. The third-order valence-corrected chi connectivity index (χ3v) is 4.06. The molecule has 21 heavy (non-hydrogen) atoms. The third-order valence-electron chi connectivity index (χ3n) is 3.37. The Hall–Kier alpha value is -0.770. The predicted molar refractivity (Wildman–Crippen MR) is 91.2 cm³/mol. The van der Waals surface area contributed by atoms with Crippen molar-refractivity contribution >= 4 is 34.8 Å². The predicted octanol–water partition coefficient (Wildman–Crippen LogP) is 4.78. The van der Waals surface area contributed by atoms with Gasteiger partial charge in [0.2, 0.25) is 0 Å². The van der Waals surface area contributed by atoms with Crippen molar-refractivity contribution in [2.45, 2.75) is 12.6 Å². The van der Waals surface area contributed by atoms with Crippen LogP contribution in [0, 0.1) is 0 Å². The van der Waals surface area contributed by atoms with Gasteiger partial charge in [-0.1, -0.05) is 46.9 Å². The van der Waals surface area contributed by atoms with Crippen LogP contribution >= 0.6 is 34.8 Å². The van der Waals surface area contributed by atoms with Gasteiger partial charge in [0.05, 0.1) is 0 Å². The van der Waals surface area contributed by atoms with E-state index in [2.05, 4.69) is 4.90 Å². The van der Waals surface area contributed by atoms with Crippen molar-refractivity contribution in [3.05, 3.63) is 68.7 Å². The zero-order valence-electron chi connectivity index (χ0n) is 11.7. The monoisotopic (exact) mass is 342 g/mol. The highest BCUT2D eigenvalue weighted by molar-refractivity contribution is 6.34. The Balaban J connectivity index is 2.17. The van der Waals surface area contributed by atoms with Gasteiger partial charge in [-0.05, 0) is 48.5 Å². The Kier molecular flexibility index (Phi) is 5.91. The van der Waals surface area contributed by atoms with E-state index in [4.69, 9.17) is 40.5 Å². The molecular weight excluding hydrogens is 327 g/mol. The number of halogens is 3. The molecule has 2 nitrogen and oxygen atoms in total. The first-order valence-electron chi connectivity index (χ1n) is 6.60. The van der Waals surface area contributed by atoms with Gasteiger partial charge in [0.25, 0.3) is 0 Å². The molecule has 5 heteroatoms. The summed E-state index contributed by atoms with van der Waals surface area (Å²) in [5, 5.41) is 1.98. The largest absolute Gasteiger partial charge is 0.329 e. The molecule has 0 saturated heterocycles. The summed E-state index contributed by atoms with van der Waals surface area (Å²) in [7, 11) is 2.03. The van der Waals surface area contributed by atoms with Crippen molar-refractivity contribution in [2.75, 3.05) is 13.6 Å². The van der Waals surface area contributed by atoms with Gasteiger partial charge in [0.1, 0.15) is 0 Å². The highest BCUT2D eigenvalue weighted by atomic mass is 35.5. The molecule has 0 heterocycles. The van der Waals surface area contributed by atoms with Crippen LogP contribution in [0.15, 0.2) is 42.5 Å². The van der Waals surface area contributed by atoms with Crippen LogP contribution in [0.5, 0.6) is 0 Å². The van der Waals surface area contributed by atoms with Gasteiger partial charge in [-0.15, -0.1) is 0 Å². The zero-order valence-corrected chi connectivity index (χ0v) is 14.0. The van der Waals surface area contributed by atoms with Gasteiger partial charge in [-0.3, -0.25) is 4.90 Å². The molecule has 2 rings (SSSR count). The molecule has 2 N–H and O–H groups in total. The molecule has 0 saturated carbocycles. The summed E-state index contributed by atoms with van der Waals surface area (Å²) in [6.07, 6.45) is 0. The summed E-state index contributed by atoms with van der Waals surface area (Å²) in [6, 6.07) is 13.4. The first-order chi connectivity index (χ1) is 9.99. The molecule has 1 unspecified atom stereocenters. The molecule has 0 aliphatic rings. The van der Waals surface area contributed by atoms with Crippen molar-refractivity contribution in [1.29, 1.82) is 0 Å². The summed E-state index contributed by atoms with van der Waals surface area (Å²) in [5.41, 5.74) is 8.13. The molecule has 0 fully saturated rings. The van der Waals surface area contributed by atoms with Crippen LogP contribution in [0.2, 0.25) is 15.1 Å². The second kappa shape index (κ2) is 7.48. The molecule has 2 aromatic rings. The minimum Gasteiger partial charge on any atom is -0.329 e. The maximum Gasteiger partial charge on any atom is 0.0472 e. The number of likely N-dealkylation sites (N-methyl/N-ethyl adjacent to an activating group) is 1. The van der Waals surface area contributed by atoms with E-state index in [1.54, 1.807) is 6.07 Å². The van der Waals surface area contributed by atoms with Gasteiger partial charge in [-0.25, -0.2) is 0 Å². The molecule has 0 spiro atoms. The summed E-state index contributed by atoms with van der Waals surface area (Å²) >= 11 is 18.1. The maximum absolute atomic E-state index is 6.08. The van der Waals surface area contributed by atoms with E-state index < -0.39 is 0 Å². The van der Waals surface area contributed by atoms with Gasteiger partial charge in [-0.2, -0.15) is 0 Å². The number of benzene rings is 2. The summed E-state index contributed by atoms with van der Waals surface area (Å²) in [6.45, 7) is 1.25. The molecule has 0 bridgehead atoms. The first-order valence-corrected chi connectivity index (χ1v) is 7.73. The average molecular weight is 344 g/mol. The van der Waals surface area contributed by atoms with E-state index in [9.17, 15) is 0 Å². The summed E-state index contributed by atoms with van der Waals surface area (Å²) in [5.74, 6) is 0. The standard InChI is InChI=1S/C16H17Cl3N2/c1-21(10-11-2-4-13(17)5-3-11)16(9-20)12-6-14(18)8-15(19)7-12/h2-8,16H,9-10,20H2,1H3. The average Bonchev–Trinajstić information content (AvgIpc) is 2.41. The lowest BCUT2D eigenvalue weighted by molar-refractivity contribution is 0.242. The second-order valence-corrected chi connectivity index (χ2v) is 6.31. The summed E-state index contributed by atoms with van der Waals surface area (Å²) < 4.78 is 0. The maximum atomic E-state index is 6.08. The highest BCUT2D eigenvalue weighted by Crippen LogP contribution is 2.27. The summed E-state index contributed by atoms with van der Waals surface area (Å²) in [4.78, 5) is 2.17. The van der Waals surface area contributed by atoms with Crippen LogP contribution in [0.1, 0.15) is 17.2 Å². The third kappa shape index (κ3) is 4.60. The molecule has 0 radical (unpaired) electrons. The smallest absolute Gasteiger partial charge is 0.0472 e. The molecule has 0 amide bonds. The van der Waals surface area contributed by atoms with Crippen LogP contribution < -0.4 is 5.73 Å². The fourth-order valence-electron chi connectivity index (χ4n) is 2.33. The van der Waals surface area contributed by atoms with E-state index in [0.29, 0.717) is 16.6 Å². The number of nitrogens with two attached hydrogens (primary N) is 1. The van der Waals surface area contributed by atoms with Crippen LogP contribution in [0.4, 0.5) is 0 Å².